The number of hydrogen-bond acceptors (Lipinski definition) is 2. The summed E-state index contributed by atoms with van der Waals surface area (Å²) in [6.07, 6.45) is 0.603. The molecular formula is C18H29ClFIN4O. The Kier molecular flexibility index (Phi) is 12.6. The fourth-order valence-electron chi connectivity index (χ4n) is 2.43. The van der Waals surface area contributed by atoms with E-state index in [1.165, 1.54) is 12.1 Å². The molecule has 0 radical (unpaired) electrons. The zero-order chi connectivity index (χ0) is 18.8. The second kappa shape index (κ2) is 13.1. The molecule has 1 aromatic carbocycles. The highest BCUT2D eigenvalue weighted by atomic mass is 127. The van der Waals surface area contributed by atoms with Crippen molar-refractivity contribution >= 4 is 47.4 Å². The molecule has 0 unspecified atom stereocenters. The molecule has 0 saturated carbocycles. The number of rotatable bonds is 8. The Morgan fingerprint density at radius 1 is 1.27 bits per heavy atom. The molecule has 0 aliphatic carbocycles. The molecule has 0 heterocycles. The van der Waals surface area contributed by atoms with Gasteiger partial charge in [-0.15, -0.1) is 24.0 Å². The molecule has 0 aliphatic heterocycles. The zero-order valence-electron chi connectivity index (χ0n) is 15.9. The summed E-state index contributed by atoms with van der Waals surface area (Å²) < 4.78 is 13.1. The van der Waals surface area contributed by atoms with E-state index in [4.69, 9.17) is 11.6 Å². The first-order valence-electron chi connectivity index (χ1n) is 8.64. The average Bonchev–Trinajstić information content (AvgIpc) is 2.57. The number of halogens is 3. The van der Waals surface area contributed by atoms with Gasteiger partial charge in [-0.1, -0.05) is 17.7 Å². The molecule has 0 saturated heterocycles. The Balaban J connectivity index is 0.00000625. The molecule has 0 spiro atoms. The van der Waals surface area contributed by atoms with E-state index in [-0.39, 0.29) is 42.2 Å². The molecule has 1 aromatic rings. The Morgan fingerprint density at radius 3 is 2.46 bits per heavy atom. The summed E-state index contributed by atoms with van der Waals surface area (Å²) >= 11 is 6.04. The molecule has 5 nitrogen and oxygen atoms in total. The molecule has 0 bridgehead atoms. The number of guanidine groups is 1. The van der Waals surface area contributed by atoms with Crippen LogP contribution < -0.4 is 5.32 Å². The third-order valence-corrected chi connectivity index (χ3v) is 4.19. The standard InChI is InChI=1S/C18H28ClFN4O.HI/c1-5-21-18(23(4)13-17(25)24(6-2)7-3)22-11-10-14-8-9-15(20)12-16(14)19;/h8-9,12H,5-7,10-11,13H2,1-4H3,(H,21,22);1H. The van der Waals surface area contributed by atoms with Gasteiger partial charge in [0.1, 0.15) is 5.82 Å². The van der Waals surface area contributed by atoms with E-state index in [0.29, 0.717) is 43.6 Å². The van der Waals surface area contributed by atoms with Crippen molar-refractivity contribution in [1.82, 2.24) is 15.1 Å². The van der Waals surface area contributed by atoms with Crippen LogP contribution >= 0.6 is 35.6 Å². The van der Waals surface area contributed by atoms with Crippen LogP contribution in [0.2, 0.25) is 5.02 Å². The van der Waals surface area contributed by atoms with Crippen LogP contribution in [0, 0.1) is 5.82 Å². The third-order valence-electron chi connectivity index (χ3n) is 3.84. The van der Waals surface area contributed by atoms with Crippen LogP contribution in [0.4, 0.5) is 4.39 Å². The van der Waals surface area contributed by atoms with Gasteiger partial charge in [0.15, 0.2) is 5.96 Å². The molecule has 0 atom stereocenters. The van der Waals surface area contributed by atoms with E-state index >= 15 is 0 Å². The van der Waals surface area contributed by atoms with Crippen LogP contribution in [0.3, 0.4) is 0 Å². The largest absolute Gasteiger partial charge is 0.357 e. The summed E-state index contributed by atoms with van der Waals surface area (Å²) in [6, 6.07) is 4.37. The number of aliphatic imine (C=N–C) groups is 1. The smallest absolute Gasteiger partial charge is 0.242 e. The second-order valence-electron chi connectivity index (χ2n) is 5.64. The highest BCUT2D eigenvalue weighted by Gasteiger charge is 2.15. The quantitative estimate of drug-likeness (QED) is 0.340. The van der Waals surface area contributed by atoms with Gasteiger partial charge in [0, 0.05) is 38.2 Å². The van der Waals surface area contributed by atoms with Crippen molar-refractivity contribution in [2.75, 3.05) is 39.8 Å². The summed E-state index contributed by atoms with van der Waals surface area (Å²) in [7, 11) is 1.84. The van der Waals surface area contributed by atoms with Crippen LogP contribution in [0.1, 0.15) is 26.3 Å². The van der Waals surface area contributed by atoms with Crippen molar-refractivity contribution in [1.29, 1.82) is 0 Å². The Morgan fingerprint density at radius 2 is 1.92 bits per heavy atom. The van der Waals surface area contributed by atoms with E-state index < -0.39 is 0 Å². The molecule has 1 N–H and O–H groups in total. The SMILES string of the molecule is CCNC(=NCCc1ccc(F)cc1Cl)N(C)CC(=O)N(CC)CC.I. The van der Waals surface area contributed by atoms with E-state index in [0.717, 1.165) is 5.56 Å². The molecule has 0 fully saturated rings. The molecule has 148 valence electrons. The Bertz CT molecular complexity index is 597. The fraction of sp³-hybridized carbons (Fsp3) is 0.556. The number of amides is 1. The summed E-state index contributed by atoms with van der Waals surface area (Å²) in [5, 5.41) is 3.59. The van der Waals surface area contributed by atoms with Gasteiger partial charge in [-0.2, -0.15) is 0 Å². The van der Waals surface area contributed by atoms with E-state index in [1.807, 2.05) is 32.7 Å². The van der Waals surface area contributed by atoms with Crippen molar-refractivity contribution in [3.05, 3.63) is 34.6 Å². The minimum Gasteiger partial charge on any atom is -0.357 e. The van der Waals surface area contributed by atoms with Crippen LogP contribution in [0.5, 0.6) is 0 Å². The lowest BCUT2D eigenvalue weighted by molar-refractivity contribution is -0.131. The number of hydrogen-bond donors (Lipinski definition) is 1. The molecule has 0 aromatic heterocycles. The minimum atomic E-state index is -0.347. The lowest BCUT2D eigenvalue weighted by atomic mass is 10.1. The first-order valence-corrected chi connectivity index (χ1v) is 9.01. The number of benzene rings is 1. The minimum absolute atomic E-state index is 0. The molecule has 26 heavy (non-hydrogen) atoms. The number of carbonyl (C=O) groups excluding carboxylic acids is 1. The monoisotopic (exact) mass is 498 g/mol. The predicted molar refractivity (Wildman–Crippen MR) is 117 cm³/mol. The van der Waals surface area contributed by atoms with Gasteiger partial charge < -0.3 is 15.1 Å². The van der Waals surface area contributed by atoms with E-state index in [1.54, 1.807) is 11.0 Å². The predicted octanol–water partition coefficient (Wildman–Crippen LogP) is 3.41. The lowest BCUT2D eigenvalue weighted by Gasteiger charge is -2.25. The molecular weight excluding hydrogens is 470 g/mol. The number of carbonyl (C=O) groups is 1. The average molecular weight is 499 g/mol. The Labute approximate surface area is 178 Å². The third kappa shape index (κ3) is 8.07. The van der Waals surface area contributed by atoms with Crippen molar-refractivity contribution < 1.29 is 9.18 Å². The highest BCUT2D eigenvalue weighted by Crippen LogP contribution is 2.17. The highest BCUT2D eigenvalue weighted by molar-refractivity contribution is 14.0. The van der Waals surface area contributed by atoms with Gasteiger partial charge in [0.25, 0.3) is 0 Å². The number of nitrogens with one attached hydrogen (secondary N) is 1. The van der Waals surface area contributed by atoms with Gasteiger partial charge in [0.2, 0.25) is 5.91 Å². The summed E-state index contributed by atoms with van der Waals surface area (Å²) in [6.45, 7) is 8.77. The zero-order valence-corrected chi connectivity index (χ0v) is 19.0. The Hall–Kier alpha value is -1.09. The summed E-state index contributed by atoms with van der Waals surface area (Å²) in [4.78, 5) is 20.4. The van der Waals surface area contributed by atoms with Crippen molar-refractivity contribution in [2.24, 2.45) is 4.99 Å². The second-order valence-corrected chi connectivity index (χ2v) is 6.05. The van der Waals surface area contributed by atoms with Crippen molar-refractivity contribution in [3.63, 3.8) is 0 Å². The normalized spacial score (nSPS) is 10.9. The van der Waals surface area contributed by atoms with Crippen molar-refractivity contribution in [3.8, 4) is 0 Å². The van der Waals surface area contributed by atoms with E-state index in [2.05, 4.69) is 10.3 Å². The van der Waals surface area contributed by atoms with Gasteiger partial charge in [-0.05, 0) is 44.9 Å². The molecule has 1 amide bonds. The molecule has 0 aliphatic rings. The van der Waals surface area contributed by atoms with Crippen LogP contribution in [-0.2, 0) is 11.2 Å². The van der Waals surface area contributed by atoms with Gasteiger partial charge in [-0.3, -0.25) is 9.79 Å². The maximum Gasteiger partial charge on any atom is 0.242 e. The number of likely N-dealkylation sites (N-methyl/N-ethyl adjacent to an activating group) is 2. The maximum atomic E-state index is 13.1. The first kappa shape index (κ1) is 24.9. The fourth-order valence-corrected chi connectivity index (χ4v) is 2.69. The van der Waals surface area contributed by atoms with E-state index in [9.17, 15) is 9.18 Å². The summed E-state index contributed by atoms with van der Waals surface area (Å²) in [5.41, 5.74) is 0.851. The first-order chi connectivity index (χ1) is 11.9. The van der Waals surface area contributed by atoms with Crippen LogP contribution in [0.15, 0.2) is 23.2 Å². The molecule has 1 rings (SSSR count). The van der Waals surface area contributed by atoms with Gasteiger partial charge >= 0.3 is 0 Å². The van der Waals surface area contributed by atoms with Crippen LogP contribution in [-0.4, -0.2) is 61.4 Å². The van der Waals surface area contributed by atoms with Gasteiger partial charge in [0.05, 0.1) is 6.54 Å². The van der Waals surface area contributed by atoms with Gasteiger partial charge in [-0.25, -0.2) is 4.39 Å². The molecule has 8 heteroatoms. The summed E-state index contributed by atoms with van der Waals surface area (Å²) in [5.74, 6) is 0.390. The lowest BCUT2D eigenvalue weighted by Crippen LogP contribution is -2.45. The maximum absolute atomic E-state index is 13.1. The number of nitrogens with zero attached hydrogens (tertiary/aromatic N) is 3. The van der Waals surface area contributed by atoms with Crippen molar-refractivity contribution in [2.45, 2.75) is 27.2 Å². The topological polar surface area (TPSA) is 47.9 Å². The van der Waals surface area contributed by atoms with Crippen LogP contribution in [0.25, 0.3) is 0 Å².